The molecular weight excluding hydrogens is 398 g/mol. The third kappa shape index (κ3) is 5.11. The highest BCUT2D eigenvalue weighted by molar-refractivity contribution is 7.98. The van der Waals surface area contributed by atoms with Gasteiger partial charge in [-0.25, -0.2) is 9.97 Å². The Morgan fingerprint density at radius 1 is 1.18 bits per heavy atom. The molecule has 3 rings (SSSR count). The summed E-state index contributed by atoms with van der Waals surface area (Å²) in [5.41, 5.74) is 4.32. The molecule has 0 fully saturated rings. The lowest BCUT2D eigenvalue weighted by Crippen LogP contribution is -2.08. The largest absolute Gasteiger partial charge is 0.457 e. The molecule has 0 spiro atoms. The van der Waals surface area contributed by atoms with Crippen LogP contribution in [-0.2, 0) is 22.6 Å². The number of benzene rings is 1. The average molecular weight is 418 g/mol. The lowest BCUT2D eigenvalue weighted by atomic mass is 10.1. The molecule has 146 valence electrons. The zero-order valence-electron chi connectivity index (χ0n) is 15.9. The number of esters is 1. The Bertz CT molecular complexity index is 950. The topological polar surface area (TPSA) is 78.1 Å². The Hall–Kier alpha value is -2.38. The maximum absolute atomic E-state index is 12.1. The normalized spacial score (nSPS) is 10.9. The highest BCUT2D eigenvalue weighted by Gasteiger charge is 2.13. The first kappa shape index (κ1) is 20.4. The lowest BCUT2D eigenvalue weighted by molar-refractivity contribution is -0.145. The molecule has 0 saturated carbocycles. The van der Waals surface area contributed by atoms with Gasteiger partial charge >= 0.3 is 5.97 Å². The standard InChI is InChI=1S/C20H20ClN3O3S/c1-12-17(13(2)23-20(22-12)28-3)8-9-19(25)26-11-16-10-18(24-27-16)14-4-6-15(21)7-5-14/h4-7,10H,8-9,11H2,1-3H3. The van der Waals surface area contributed by atoms with Crippen LogP contribution >= 0.6 is 23.4 Å². The van der Waals surface area contributed by atoms with E-state index in [4.69, 9.17) is 20.9 Å². The number of carbonyl (C=O) groups excluding carboxylic acids is 1. The van der Waals surface area contributed by atoms with Gasteiger partial charge in [-0.15, -0.1) is 0 Å². The quantitative estimate of drug-likeness (QED) is 0.310. The van der Waals surface area contributed by atoms with Crippen LogP contribution in [-0.4, -0.2) is 27.3 Å². The molecule has 8 heteroatoms. The van der Waals surface area contributed by atoms with Crippen molar-refractivity contribution in [1.82, 2.24) is 15.1 Å². The van der Waals surface area contributed by atoms with Crippen LogP contribution in [0, 0.1) is 13.8 Å². The average Bonchev–Trinajstić information content (AvgIpc) is 3.15. The Morgan fingerprint density at radius 3 is 2.50 bits per heavy atom. The van der Waals surface area contributed by atoms with E-state index >= 15 is 0 Å². The van der Waals surface area contributed by atoms with Gasteiger partial charge in [-0.3, -0.25) is 4.79 Å². The number of ether oxygens (including phenoxy) is 1. The molecule has 0 unspecified atom stereocenters. The molecular formula is C20H20ClN3O3S. The number of rotatable bonds is 7. The third-order valence-corrected chi connectivity index (χ3v) is 5.04. The summed E-state index contributed by atoms with van der Waals surface area (Å²) >= 11 is 7.39. The zero-order chi connectivity index (χ0) is 20.1. The Kier molecular flexibility index (Phi) is 6.70. The minimum absolute atomic E-state index is 0.0410. The predicted octanol–water partition coefficient (Wildman–Crippen LogP) is 4.80. The van der Waals surface area contributed by atoms with E-state index in [9.17, 15) is 4.79 Å². The van der Waals surface area contributed by atoms with Crippen LogP contribution in [0.4, 0.5) is 0 Å². The maximum atomic E-state index is 12.1. The molecule has 0 aliphatic heterocycles. The Morgan fingerprint density at radius 2 is 1.86 bits per heavy atom. The fourth-order valence-corrected chi connectivity index (χ4v) is 3.33. The molecule has 0 aliphatic carbocycles. The van der Waals surface area contributed by atoms with Crippen LogP contribution in [0.15, 0.2) is 40.0 Å². The summed E-state index contributed by atoms with van der Waals surface area (Å²) in [7, 11) is 0. The first-order valence-electron chi connectivity index (χ1n) is 8.71. The molecule has 0 N–H and O–H groups in total. The van der Waals surface area contributed by atoms with Crippen molar-refractivity contribution in [2.45, 2.75) is 38.5 Å². The highest BCUT2D eigenvalue weighted by atomic mass is 35.5. The molecule has 0 atom stereocenters. The third-order valence-electron chi connectivity index (χ3n) is 4.24. The predicted molar refractivity (Wildman–Crippen MR) is 108 cm³/mol. The number of hydrogen-bond donors (Lipinski definition) is 0. The lowest BCUT2D eigenvalue weighted by Gasteiger charge is -2.09. The van der Waals surface area contributed by atoms with Crippen LogP contribution in [0.3, 0.4) is 0 Å². The molecule has 6 nitrogen and oxygen atoms in total. The number of thioether (sulfide) groups is 1. The first-order chi connectivity index (χ1) is 13.5. The summed E-state index contributed by atoms with van der Waals surface area (Å²) < 4.78 is 10.5. The number of aryl methyl sites for hydroxylation is 2. The minimum Gasteiger partial charge on any atom is -0.457 e. The summed E-state index contributed by atoms with van der Waals surface area (Å²) in [5, 5.41) is 5.39. The van der Waals surface area contributed by atoms with Gasteiger partial charge in [0.2, 0.25) is 0 Å². The molecule has 1 aromatic carbocycles. The van der Waals surface area contributed by atoms with Gasteiger partial charge in [-0.2, -0.15) is 0 Å². The second-order valence-electron chi connectivity index (χ2n) is 6.21. The van der Waals surface area contributed by atoms with E-state index in [-0.39, 0.29) is 19.0 Å². The number of halogens is 1. The van der Waals surface area contributed by atoms with Crippen molar-refractivity contribution >= 4 is 29.3 Å². The van der Waals surface area contributed by atoms with E-state index in [0.717, 1.165) is 27.7 Å². The molecule has 3 aromatic rings. The molecule has 0 aliphatic rings. The number of aromatic nitrogens is 3. The fraction of sp³-hybridized carbons (Fsp3) is 0.300. The molecule has 0 radical (unpaired) electrons. The summed E-state index contributed by atoms with van der Waals surface area (Å²) in [6.07, 6.45) is 2.73. The fourth-order valence-electron chi connectivity index (χ4n) is 2.75. The molecule has 28 heavy (non-hydrogen) atoms. The SMILES string of the molecule is CSc1nc(C)c(CCC(=O)OCc2cc(-c3ccc(Cl)cc3)no2)c(C)n1. The van der Waals surface area contributed by atoms with Crippen LogP contribution in [0.2, 0.25) is 5.02 Å². The van der Waals surface area contributed by atoms with Gasteiger partial charge in [-0.05, 0) is 44.2 Å². The van der Waals surface area contributed by atoms with Crippen molar-refractivity contribution < 1.29 is 14.1 Å². The van der Waals surface area contributed by atoms with E-state index in [1.54, 1.807) is 18.2 Å². The van der Waals surface area contributed by atoms with Crippen molar-refractivity contribution in [2.75, 3.05) is 6.26 Å². The van der Waals surface area contributed by atoms with Crippen molar-refractivity contribution in [3.05, 3.63) is 58.1 Å². The summed E-state index contributed by atoms with van der Waals surface area (Å²) in [4.78, 5) is 21.0. The smallest absolute Gasteiger partial charge is 0.306 e. The summed E-state index contributed by atoms with van der Waals surface area (Å²) in [5.74, 6) is 0.176. The second kappa shape index (κ2) is 9.21. The summed E-state index contributed by atoms with van der Waals surface area (Å²) in [6, 6.07) is 9.02. The molecule has 0 saturated heterocycles. The Balaban J connectivity index is 1.53. The van der Waals surface area contributed by atoms with Gasteiger partial charge in [0, 0.05) is 34.5 Å². The molecule has 0 bridgehead atoms. The van der Waals surface area contributed by atoms with Crippen molar-refractivity contribution in [2.24, 2.45) is 0 Å². The van der Waals surface area contributed by atoms with Crippen molar-refractivity contribution in [3.63, 3.8) is 0 Å². The number of carbonyl (C=O) groups is 1. The van der Waals surface area contributed by atoms with Gasteiger partial charge in [-0.1, -0.05) is 40.7 Å². The second-order valence-corrected chi connectivity index (χ2v) is 7.42. The first-order valence-corrected chi connectivity index (χ1v) is 10.3. The van der Waals surface area contributed by atoms with Gasteiger partial charge in [0.05, 0.1) is 0 Å². The van der Waals surface area contributed by atoms with E-state index in [1.807, 2.05) is 32.2 Å². The number of nitrogens with zero attached hydrogens (tertiary/aromatic N) is 3. The van der Waals surface area contributed by atoms with Crippen LogP contribution in [0.1, 0.15) is 29.1 Å². The zero-order valence-corrected chi connectivity index (χ0v) is 17.4. The molecule has 2 aromatic heterocycles. The van der Waals surface area contributed by atoms with Gasteiger partial charge in [0.1, 0.15) is 5.69 Å². The van der Waals surface area contributed by atoms with Gasteiger partial charge in [0.15, 0.2) is 17.5 Å². The van der Waals surface area contributed by atoms with Crippen LogP contribution < -0.4 is 0 Å². The van der Waals surface area contributed by atoms with Crippen molar-refractivity contribution in [3.8, 4) is 11.3 Å². The van der Waals surface area contributed by atoms with Gasteiger partial charge in [0.25, 0.3) is 0 Å². The monoisotopic (exact) mass is 417 g/mol. The van der Waals surface area contributed by atoms with E-state index in [2.05, 4.69) is 15.1 Å². The van der Waals surface area contributed by atoms with E-state index in [0.29, 0.717) is 22.9 Å². The number of hydrogen-bond acceptors (Lipinski definition) is 7. The van der Waals surface area contributed by atoms with E-state index < -0.39 is 0 Å². The van der Waals surface area contributed by atoms with E-state index in [1.165, 1.54) is 11.8 Å². The molecule has 2 heterocycles. The van der Waals surface area contributed by atoms with Gasteiger partial charge < -0.3 is 9.26 Å². The van der Waals surface area contributed by atoms with Crippen LogP contribution in [0.25, 0.3) is 11.3 Å². The minimum atomic E-state index is -0.308. The highest BCUT2D eigenvalue weighted by Crippen LogP contribution is 2.22. The van der Waals surface area contributed by atoms with Crippen molar-refractivity contribution in [1.29, 1.82) is 0 Å². The molecule has 0 amide bonds. The summed E-state index contributed by atoms with van der Waals surface area (Å²) in [6.45, 7) is 3.91. The Labute approximate surface area is 172 Å². The maximum Gasteiger partial charge on any atom is 0.306 e. The van der Waals surface area contributed by atoms with Crippen LogP contribution in [0.5, 0.6) is 0 Å².